The number of phenolic OH excluding ortho intramolecular Hbond substituents is 1. The number of hydrogen-bond acceptors (Lipinski definition) is 5. The van der Waals surface area contributed by atoms with Crippen molar-refractivity contribution in [3.63, 3.8) is 0 Å². The molecule has 0 bridgehead atoms. The Hall–Kier alpha value is -2.79. The highest BCUT2D eigenvalue weighted by Crippen LogP contribution is 2.32. The second kappa shape index (κ2) is 13.2. The number of aromatic hydroxyl groups is 2. The van der Waals surface area contributed by atoms with E-state index in [0.29, 0.717) is 28.7 Å². The van der Waals surface area contributed by atoms with Crippen molar-refractivity contribution in [1.29, 1.82) is 0 Å². The molecule has 0 saturated heterocycles. The Labute approximate surface area is 202 Å². The van der Waals surface area contributed by atoms with Crippen LogP contribution in [0, 0.1) is 6.92 Å². The quantitative estimate of drug-likeness (QED) is 0.222. The minimum absolute atomic E-state index is 0.124. The average Bonchev–Trinajstić information content (AvgIpc) is 2.84. The molecule has 3 aromatic rings. The zero-order valence-electron chi connectivity index (χ0n) is 20.3. The summed E-state index contributed by atoms with van der Waals surface area (Å²) in [6.07, 6.45) is 14.1. The average molecular weight is 467 g/mol. The summed E-state index contributed by atoms with van der Waals surface area (Å²) in [6, 6.07) is 10.5. The van der Waals surface area contributed by atoms with Gasteiger partial charge in [-0.3, -0.25) is 4.79 Å². The molecular formula is C29H38O5. The van der Waals surface area contributed by atoms with Crippen LogP contribution in [0.15, 0.2) is 45.6 Å². The van der Waals surface area contributed by atoms with Crippen molar-refractivity contribution >= 4 is 11.0 Å². The van der Waals surface area contributed by atoms with E-state index in [2.05, 4.69) is 0 Å². The zero-order valence-corrected chi connectivity index (χ0v) is 20.3. The number of hydrogen-bond donors (Lipinski definition) is 3. The molecule has 0 fully saturated rings. The van der Waals surface area contributed by atoms with Gasteiger partial charge in [-0.15, -0.1) is 0 Å². The molecule has 34 heavy (non-hydrogen) atoms. The summed E-state index contributed by atoms with van der Waals surface area (Å²) in [5, 5.41) is 29.4. The van der Waals surface area contributed by atoms with Gasteiger partial charge in [0.05, 0.1) is 5.39 Å². The van der Waals surface area contributed by atoms with Crippen LogP contribution in [-0.2, 0) is 6.42 Å². The molecule has 0 unspecified atom stereocenters. The summed E-state index contributed by atoms with van der Waals surface area (Å²) in [4.78, 5) is 12.8. The summed E-state index contributed by atoms with van der Waals surface area (Å²) < 4.78 is 5.88. The fourth-order valence-electron chi connectivity index (χ4n) is 4.41. The highest BCUT2D eigenvalue weighted by Gasteiger charge is 2.16. The second-order valence-electron chi connectivity index (χ2n) is 9.30. The highest BCUT2D eigenvalue weighted by molar-refractivity contribution is 5.82. The third-order valence-electron chi connectivity index (χ3n) is 6.51. The minimum atomic E-state index is -0.430. The molecule has 0 spiro atoms. The molecule has 184 valence electrons. The molecule has 0 aliphatic rings. The first-order chi connectivity index (χ1) is 16.5. The molecule has 0 saturated carbocycles. The largest absolute Gasteiger partial charge is 0.508 e. The van der Waals surface area contributed by atoms with Crippen molar-refractivity contribution in [1.82, 2.24) is 0 Å². The predicted molar refractivity (Wildman–Crippen MR) is 138 cm³/mol. The lowest BCUT2D eigenvalue weighted by molar-refractivity contribution is 0.282. The molecule has 0 radical (unpaired) electrons. The van der Waals surface area contributed by atoms with Gasteiger partial charge in [0.1, 0.15) is 11.3 Å². The number of unbranched alkanes of at least 4 members (excludes halogenated alkanes) is 10. The molecule has 0 aliphatic heterocycles. The van der Waals surface area contributed by atoms with Gasteiger partial charge in [-0.1, -0.05) is 63.9 Å². The Kier molecular flexibility index (Phi) is 10.0. The Bertz CT molecular complexity index is 1120. The van der Waals surface area contributed by atoms with Gasteiger partial charge in [0.15, 0.2) is 5.76 Å². The summed E-state index contributed by atoms with van der Waals surface area (Å²) in [5.41, 5.74) is 2.29. The van der Waals surface area contributed by atoms with Gasteiger partial charge in [-0.05, 0) is 67.6 Å². The first kappa shape index (κ1) is 25.8. The SMILES string of the molecule is Cc1cc(-c2oc3ccc(CCCCCCCCCCCCCO)cc3c(=O)c2O)ccc1O. The van der Waals surface area contributed by atoms with Gasteiger partial charge in [0.2, 0.25) is 11.2 Å². The molecule has 1 aromatic heterocycles. The maximum atomic E-state index is 12.8. The lowest BCUT2D eigenvalue weighted by Crippen LogP contribution is -2.03. The van der Waals surface area contributed by atoms with Crippen LogP contribution in [0.2, 0.25) is 0 Å². The molecule has 1 heterocycles. The highest BCUT2D eigenvalue weighted by atomic mass is 16.4. The Morgan fingerprint density at radius 2 is 1.38 bits per heavy atom. The van der Waals surface area contributed by atoms with Crippen LogP contribution >= 0.6 is 0 Å². The third-order valence-corrected chi connectivity index (χ3v) is 6.51. The van der Waals surface area contributed by atoms with E-state index in [9.17, 15) is 15.0 Å². The summed E-state index contributed by atoms with van der Waals surface area (Å²) in [7, 11) is 0. The van der Waals surface area contributed by atoms with Crippen molar-refractivity contribution < 1.29 is 19.7 Å². The van der Waals surface area contributed by atoms with E-state index in [0.717, 1.165) is 31.2 Å². The first-order valence-electron chi connectivity index (χ1n) is 12.7. The summed E-state index contributed by atoms with van der Waals surface area (Å²) in [6.45, 7) is 2.07. The van der Waals surface area contributed by atoms with Crippen LogP contribution < -0.4 is 5.43 Å². The van der Waals surface area contributed by atoms with E-state index < -0.39 is 11.2 Å². The standard InChI is InChI=1S/C29H38O5/c1-21-19-23(15-16-25(21)31)29-28(33)27(32)24-20-22(14-17-26(24)34-29)13-11-9-7-5-3-2-4-6-8-10-12-18-30/h14-17,19-20,30-31,33H,2-13,18H2,1H3. The van der Waals surface area contributed by atoms with Crippen LogP contribution in [0.25, 0.3) is 22.3 Å². The normalized spacial score (nSPS) is 11.4. The molecule has 0 aliphatic carbocycles. The fourth-order valence-corrected chi connectivity index (χ4v) is 4.41. The lowest BCUT2D eigenvalue weighted by Gasteiger charge is -2.09. The molecule has 3 rings (SSSR count). The maximum absolute atomic E-state index is 12.8. The van der Waals surface area contributed by atoms with E-state index in [1.54, 1.807) is 19.1 Å². The number of phenols is 1. The third kappa shape index (κ3) is 7.10. The van der Waals surface area contributed by atoms with Gasteiger partial charge < -0.3 is 19.7 Å². The number of aryl methyl sites for hydroxylation is 2. The Morgan fingerprint density at radius 3 is 2.00 bits per heavy atom. The van der Waals surface area contributed by atoms with Crippen molar-refractivity contribution in [3.05, 3.63) is 57.7 Å². The van der Waals surface area contributed by atoms with E-state index >= 15 is 0 Å². The minimum Gasteiger partial charge on any atom is -0.508 e. The van der Waals surface area contributed by atoms with Crippen LogP contribution in [0.5, 0.6) is 11.5 Å². The van der Waals surface area contributed by atoms with Crippen LogP contribution in [0.1, 0.15) is 81.8 Å². The molecule has 0 atom stereocenters. The molecule has 5 nitrogen and oxygen atoms in total. The number of fused-ring (bicyclic) bond motifs is 1. The summed E-state index contributed by atoms with van der Waals surface area (Å²) in [5.74, 6) is -0.122. The molecule has 5 heteroatoms. The van der Waals surface area contributed by atoms with Gasteiger partial charge in [0.25, 0.3) is 0 Å². The van der Waals surface area contributed by atoms with E-state index in [4.69, 9.17) is 9.52 Å². The molecule has 2 aromatic carbocycles. The van der Waals surface area contributed by atoms with Crippen LogP contribution in [-0.4, -0.2) is 21.9 Å². The maximum Gasteiger partial charge on any atom is 0.235 e. The Balaban J connectivity index is 1.49. The fraction of sp³-hybridized carbons (Fsp3) is 0.483. The van der Waals surface area contributed by atoms with Gasteiger partial charge in [-0.2, -0.15) is 0 Å². The van der Waals surface area contributed by atoms with Gasteiger partial charge in [0, 0.05) is 12.2 Å². The lowest BCUT2D eigenvalue weighted by atomic mass is 10.0. The topological polar surface area (TPSA) is 90.9 Å². The van der Waals surface area contributed by atoms with Gasteiger partial charge in [-0.25, -0.2) is 0 Å². The predicted octanol–water partition coefficient (Wildman–Crippen LogP) is 7.01. The number of aliphatic hydroxyl groups excluding tert-OH is 1. The monoisotopic (exact) mass is 466 g/mol. The first-order valence-corrected chi connectivity index (χ1v) is 12.7. The van der Waals surface area contributed by atoms with E-state index in [-0.39, 0.29) is 11.5 Å². The van der Waals surface area contributed by atoms with E-state index in [1.807, 2.05) is 18.2 Å². The summed E-state index contributed by atoms with van der Waals surface area (Å²) >= 11 is 0. The molecule has 3 N–H and O–H groups in total. The van der Waals surface area contributed by atoms with E-state index in [1.165, 1.54) is 57.4 Å². The van der Waals surface area contributed by atoms with Crippen molar-refractivity contribution in [2.45, 2.75) is 84.0 Å². The van der Waals surface area contributed by atoms with Crippen molar-refractivity contribution in [3.8, 4) is 22.8 Å². The van der Waals surface area contributed by atoms with Crippen LogP contribution in [0.3, 0.4) is 0 Å². The van der Waals surface area contributed by atoms with Crippen molar-refractivity contribution in [2.24, 2.45) is 0 Å². The molecule has 0 amide bonds. The number of rotatable bonds is 14. The molecular weight excluding hydrogens is 428 g/mol. The second-order valence-corrected chi connectivity index (χ2v) is 9.30. The van der Waals surface area contributed by atoms with Crippen LogP contribution in [0.4, 0.5) is 0 Å². The smallest absolute Gasteiger partial charge is 0.235 e. The number of aliphatic hydroxyl groups is 1. The van der Waals surface area contributed by atoms with Gasteiger partial charge >= 0.3 is 0 Å². The van der Waals surface area contributed by atoms with Crippen molar-refractivity contribution in [2.75, 3.05) is 6.61 Å². The zero-order chi connectivity index (χ0) is 24.3. The Morgan fingerprint density at radius 1 is 0.765 bits per heavy atom. The number of benzene rings is 2.